The lowest BCUT2D eigenvalue weighted by Crippen LogP contribution is -2.31. The third-order valence-electron chi connectivity index (χ3n) is 3.82. The standard InChI is InChI=1S/C18H17N3O3S/c1-3-9-25-18-20-16-15(17(23)21-18)13(10-14(22)19-16)11-5-7-12(8-6-11)24-4-2/h1,5-8,13H,4,9-10H2,2H3,(H2,19,20,21,22,23)/t13-/m0/s1. The molecule has 7 heteroatoms. The second-order valence-corrected chi connectivity index (χ2v) is 6.40. The zero-order valence-corrected chi connectivity index (χ0v) is 14.5. The normalized spacial score (nSPS) is 15.8. The van der Waals surface area contributed by atoms with Gasteiger partial charge in [-0.3, -0.25) is 9.59 Å². The summed E-state index contributed by atoms with van der Waals surface area (Å²) >= 11 is 1.24. The van der Waals surface area contributed by atoms with Crippen molar-refractivity contribution in [3.63, 3.8) is 0 Å². The summed E-state index contributed by atoms with van der Waals surface area (Å²) in [6.45, 7) is 2.49. The molecule has 0 aliphatic carbocycles. The Bertz CT molecular complexity index is 884. The van der Waals surface area contributed by atoms with Crippen molar-refractivity contribution in [2.24, 2.45) is 0 Å². The highest BCUT2D eigenvalue weighted by Crippen LogP contribution is 2.35. The number of ether oxygens (including phenoxy) is 1. The molecular formula is C18H17N3O3S. The van der Waals surface area contributed by atoms with E-state index in [1.807, 2.05) is 31.2 Å². The van der Waals surface area contributed by atoms with Crippen molar-refractivity contribution in [2.45, 2.75) is 24.4 Å². The Kier molecular flexibility index (Phi) is 5.10. The Hall–Kier alpha value is -2.72. The van der Waals surface area contributed by atoms with Crippen LogP contribution in [0.2, 0.25) is 0 Å². The molecule has 1 atom stereocenters. The predicted molar refractivity (Wildman–Crippen MR) is 97.1 cm³/mol. The second-order valence-electron chi connectivity index (χ2n) is 5.43. The molecule has 2 N–H and O–H groups in total. The molecule has 0 saturated carbocycles. The van der Waals surface area contributed by atoms with Crippen LogP contribution >= 0.6 is 11.8 Å². The number of H-pyrrole nitrogens is 1. The maximum atomic E-state index is 12.6. The number of thioether (sulfide) groups is 1. The number of anilines is 1. The predicted octanol–water partition coefficient (Wildman–Crippen LogP) is 2.37. The molecule has 6 nitrogen and oxygen atoms in total. The highest BCUT2D eigenvalue weighted by Gasteiger charge is 2.30. The molecule has 1 amide bonds. The molecule has 1 aromatic heterocycles. The maximum Gasteiger partial charge on any atom is 0.257 e. The number of terminal acetylenes is 1. The number of nitrogens with zero attached hydrogens (tertiary/aromatic N) is 1. The van der Waals surface area contributed by atoms with E-state index in [2.05, 4.69) is 21.2 Å². The van der Waals surface area contributed by atoms with E-state index in [1.54, 1.807) is 0 Å². The molecule has 2 heterocycles. The number of nitrogens with one attached hydrogen (secondary N) is 2. The van der Waals surface area contributed by atoms with Gasteiger partial charge in [-0.2, -0.15) is 0 Å². The minimum absolute atomic E-state index is 0.169. The fraction of sp³-hybridized carbons (Fsp3) is 0.278. The number of fused-ring (bicyclic) bond motifs is 1. The fourth-order valence-corrected chi connectivity index (χ4v) is 3.32. The third kappa shape index (κ3) is 3.69. The van der Waals surface area contributed by atoms with Gasteiger partial charge >= 0.3 is 0 Å². The highest BCUT2D eigenvalue weighted by atomic mass is 32.2. The molecule has 0 spiro atoms. The Morgan fingerprint density at radius 3 is 2.80 bits per heavy atom. The average molecular weight is 355 g/mol. The molecule has 25 heavy (non-hydrogen) atoms. The van der Waals surface area contributed by atoms with E-state index in [-0.39, 0.29) is 23.8 Å². The molecule has 0 saturated heterocycles. The minimum Gasteiger partial charge on any atom is -0.494 e. The summed E-state index contributed by atoms with van der Waals surface area (Å²) in [6, 6.07) is 7.42. The van der Waals surface area contributed by atoms with Crippen molar-refractivity contribution < 1.29 is 9.53 Å². The van der Waals surface area contributed by atoms with Gasteiger partial charge in [-0.1, -0.05) is 29.8 Å². The van der Waals surface area contributed by atoms with E-state index in [9.17, 15) is 9.59 Å². The van der Waals surface area contributed by atoms with Gasteiger partial charge in [0.15, 0.2) is 5.16 Å². The van der Waals surface area contributed by atoms with Crippen LogP contribution in [-0.2, 0) is 4.79 Å². The summed E-state index contributed by atoms with van der Waals surface area (Å²) < 4.78 is 5.44. The van der Waals surface area contributed by atoms with Crippen molar-refractivity contribution in [3.05, 3.63) is 45.7 Å². The average Bonchev–Trinajstić information content (AvgIpc) is 2.60. The molecular weight excluding hydrogens is 338 g/mol. The molecule has 1 aliphatic heterocycles. The van der Waals surface area contributed by atoms with Crippen LogP contribution in [0.25, 0.3) is 0 Å². The first kappa shape index (κ1) is 17.1. The number of benzene rings is 1. The van der Waals surface area contributed by atoms with Crippen LogP contribution < -0.4 is 15.6 Å². The molecule has 0 radical (unpaired) electrons. The Morgan fingerprint density at radius 2 is 2.12 bits per heavy atom. The van der Waals surface area contributed by atoms with Gasteiger partial charge in [0.25, 0.3) is 5.56 Å². The number of hydrogen-bond donors (Lipinski definition) is 2. The number of carbonyl (C=O) groups is 1. The smallest absolute Gasteiger partial charge is 0.257 e. The summed E-state index contributed by atoms with van der Waals surface area (Å²) in [5.74, 6) is 3.40. The molecule has 1 aliphatic rings. The van der Waals surface area contributed by atoms with Gasteiger partial charge in [-0.05, 0) is 24.6 Å². The van der Waals surface area contributed by atoms with Gasteiger partial charge in [-0.25, -0.2) is 4.98 Å². The van der Waals surface area contributed by atoms with Crippen LogP contribution in [0.1, 0.15) is 30.4 Å². The largest absolute Gasteiger partial charge is 0.494 e. The molecule has 0 bridgehead atoms. The van der Waals surface area contributed by atoms with Crippen LogP contribution in [0.5, 0.6) is 5.75 Å². The summed E-state index contributed by atoms with van der Waals surface area (Å²) in [7, 11) is 0. The van der Waals surface area contributed by atoms with Crippen molar-refractivity contribution in [1.29, 1.82) is 0 Å². The summed E-state index contributed by atoms with van der Waals surface area (Å²) in [6.07, 6.45) is 5.43. The van der Waals surface area contributed by atoms with Gasteiger partial charge in [0.05, 0.1) is 17.9 Å². The van der Waals surface area contributed by atoms with E-state index in [4.69, 9.17) is 11.2 Å². The topological polar surface area (TPSA) is 84.1 Å². The second kappa shape index (κ2) is 7.45. The quantitative estimate of drug-likeness (QED) is 0.489. The number of aromatic nitrogens is 2. The maximum absolute atomic E-state index is 12.6. The minimum atomic E-state index is -0.345. The number of carbonyl (C=O) groups excluding carboxylic acids is 1. The summed E-state index contributed by atoms with van der Waals surface area (Å²) in [4.78, 5) is 31.7. The van der Waals surface area contributed by atoms with E-state index in [0.29, 0.717) is 28.9 Å². The lowest BCUT2D eigenvalue weighted by Gasteiger charge is -2.24. The zero-order valence-electron chi connectivity index (χ0n) is 13.7. The Balaban J connectivity index is 1.99. The number of rotatable bonds is 5. The SMILES string of the molecule is C#CCSc1nc2c(c(=O)[nH]1)[C@H](c1ccc(OCC)cc1)CC(=O)N2. The van der Waals surface area contributed by atoms with Crippen LogP contribution in [-0.4, -0.2) is 28.2 Å². The summed E-state index contributed by atoms with van der Waals surface area (Å²) in [5.41, 5.74) is 1.08. The van der Waals surface area contributed by atoms with Crippen LogP contribution in [0, 0.1) is 12.3 Å². The Morgan fingerprint density at radius 1 is 1.36 bits per heavy atom. The first-order chi connectivity index (χ1) is 12.1. The van der Waals surface area contributed by atoms with Crippen LogP contribution in [0.3, 0.4) is 0 Å². The zero-order chi connectivity index (χ0) is 17.8. The number of amides is 1. The van der Waals surface area contributed by atoms with Crippen LogP contribution in [0.4, 0.5) is 5.82 Å². The molecule has 2 aromatic rings. The number of aromatic amines is 1. The van der Waals surface area contributed by atoms with E-state index in [1.165, 1.54) is 11.8 Å². The van der Waals surface area contributed by atoms with Crippen molar-refractivity contribution in [3.8, 4) is 18.1 Å². The molecule has 1 aromatic carbocycles. The van der Waals surface area contributed by atoms with Crippen molar-refractivity contribution in [1.82, 2.24) is 9.97 Å². The molecule has 3 rings (SSSR count). The fourth-order valence-electron chi connectivity index (χ4n) is 2.78. The van der Waals surface area contributed by atoms with Gasteiger partial charge in [-0.15, -0.1) is 6.42 Å². The molecule has 128 valence electrons. The van der Waals surface area contributed by atoms with Crippen LogP contribution in [0.15, 0.2) is 34.2 Å². The summed E-state index contributed by atoms with van der Waals surface area (Å²) in [5, 5.41) is 3.09. The van der Waals surface area contributed by atoms with E-state index < -0.39 is 0 Å². The van der Waals surface area contributed by atoms with Gasteiger partial charge in [0.1, 0.15) is 11.6 Å². The number of hydrogen-bond acceptors (Lipinski definition) is 5. The monoisotopic (exact) mass is 355 g/mol. The lowest BCUT2D eigenvalue weighted by atomic mass is 9.87. The molecule has 0 unspecified atom stereocenters. The van der Waals surface area contributed by atoms with Crippen molar-refractivity contribution >= 4 is 23.5 Å². The lowest BCUT2D eigenvalue weighted by molar-refractivity contribution is -0.116. The van der Waals surface area contributed by atoms with Gasteiger partial charge in [0.2, 0.25) is 5.91 Å². The van der Waals surface area contributed by atoms with Gasteiger partial charge in [0, 0.05) is 12.3 Å². The van der Waals surface area contributed by atoms with E-state index >= 15 is 0 Å². The van der Waals surface area contributed by atoms with Gasteiger partial charge < -0.3 is 15.0 Å². The third-order valence-corrected chi connectivity index (χ3v) is 4.59. The van der Waals surface area contributed by atoms with E-state index in [0.717, 1.165) is 11.3 Å². The molecule has 0 fully saturated rings. The highest BCUT2D eigenvalue weighted by molar-refractivity contribution is 7.99. The first-order valence-corrected chi connectivity index (χ1v) is 8.84. The Labute approximate surface area is 149 Å². The van der Waals surface area contributed by atoms with Crippen molar-refractivity contribution in [2.75, 3.05) is 17.7 Å². The first-order valence-electron chi connectivity index (χ1n) is 7.85.